The molecule has 10 heteroatoms. The van der Waals surface area contributed by atoms with Crippen molar-refractivity contribution in [3.63, 3.8) is 0 Å². The quantitative estimate of drug-likeness (QED) is 0.281. The third-order valence-corrected chi connectivity index (χ3v) is 8.20. The van der Waals surface area contributed by atoms with Crippen LogP contribution in [0.4, 0.5) is 11.5 Å². The molecule has 1 fully saturated rings. The number of aromatic nitrogens is 3. The third-order valence-electron chi connectivity index (χ3n) is 6.84. The molecule has 1 saturated heterocycles. The fraction of sp³-hybridized carbons (Fsp3) is 0.241. The van der Waals surface area contributed by atoms with Crippen LogP contribution in [-0.2, 0) is 17.8 Å². The molecule has 3 aromatic heterocycles. The van der Waals surface area contributed by atoms with E-state index in [1.165, 1.54) is 0 Å². The highest BCUT2D eigenvalue weighted by Gasteiger charge is 2.20. The molecule has 0 radical (unpaired) electrons. The maximum absolute atomic E-state index is 12.9. The molecular formula is C29H27ClN6O2S. The number of likely N-dealkylation sites (N-methyl/N-ethyl adjacent to an activating group) is 1. The minimum atomic E-state index is 0.176. The third kappa shape index (κ3) is 5.66. The minimum Gasteiger partial charge on any atom is -0.486 e. The number of carbonyl (C=O) groups is 1. The fourth-order valence-electron chi connectivity index (χ4n) is 4.67. The standard InChI is InChI=1S/C29H27ClN6O2S/c1-35-10-12-36(13-11-35)26(37)15-19-5-7-22-25(14-19)39-29-27(22)28(32-18-33-29)34-20-6-8-24(23(30)16-20)38-17-21-4-2-3-9-31-21/h2-9,14,16,18H,10-13,15,17H2,1H3,(H,32,33,34). The first-order valence-corrected chi connectivity index (χ1v) is 13.9. The van der Waals surface area contributed by atoms with Gasteiger partial charge in [-0.3, -0.25) is 9.78 Å². The number of piperazine rings is 1. The summed E-state index contributed by atoms with van der Waals surface area (Å²) in [7, 11) is 2.09. The van der Waals surface area contributed by atoms with E-state index in [4.69, 9.17) is 16.3 Å². The second-order valence-corrected chi connectivity index (χ2v) is 11.0. The van der Waals surface area contributed by atoms with Gasteiger partial charge in [0.25, 0.3) is 0 Å². The Labute approximate surface area is 235 Å². The Morgan fingerprint density at radius 3 is 2.72 bits per heavy atom. The normalized spacial score (nSPS) is 14.2. The van der Waals surface area contributed by atoms with Crippen molar-refractivity contribution < 1.29 is 9.53 Å². The Morgan fingerprint density at radius 1 is 1.05 bits per heavy atom. The van der Waals surface area contributed by atoms with E-state index in [0.29, 0.717) is 29.6 Å². The molecule has 1 aliphatic heterocycles. The smallest absolute Gasteiger partial charge is 0.227 e. The summed E-state index contributed by atoms with van der Waals surface area (Å²) in [4.78, 5) is 31.3. The number of rotatable bonds is 7. The van der Waals surface area contributed by atoms with Crippen LogP contribution in [0.15, 0.2) is 67.1 Å². The molecule has 5 aromatic rings. The van der Waals surface area contributed by atoms with Gasteiger partial charge in [-0.25, -0.2) is 9.97 Å². The van der Waals surface area contributed by atoms with E-state index in [-0.39, 0.29) is 5.91 Å². The van der Waals surface area contributed by atoms with Crippen molar-refractivity contribution in [2.45, 2.75) is 13.0 Å². The zero-order valence-electron chi connectivity index (χ0n) is 21.4. The lowest BCUT2D eigenvalue weighted by Gasteiger charge is -2.32. The van der Waals surface area contributed by atoms with Crippen LogP contribution in [0.1, 0.15) is 11.3 Å². The minimum absolute atomic E-state index is 0.176. The number of amides is 1. The second kappa shape index (κ2) is 11.1. The highest BCUT2D eigenvalue weighted by atomic mass is 35.5. The molecule has 198 valence electrons. The molecule has 0 aliphatic carbocycles. The predicted octanol–water partition coefficient (Wildman–Crippen LogP) is 5.53. The lowest BCUT2D eigenvalue weighted by Crippen LogP contribution is -2.47. The number of benzene rings is 2. The van der Waals surface area contributed by atoms with E-state index < -0.39 is 0 Å². The van der Waals surface area contributed by atoms with Gasteiger partial charge >= 0.3 is 0 Å². The molecule has 6 rings (SSSR count). The SMILES string of the molecule is CN1CCN(C(=O)Cc2ccc3c(c2)sc2ncnc(Nc4ccc(OCc5ccccn5)c(Cl)c4)c23)CC1. The van der Waals surface area contributed by atoms with Crippen LogP contribution < -0.4 is 10.1 Å². The topological polar surface area (TPSA) is 83.5 Å². The number of fused-ring (bicyclic) bond motifs is 3. The lowest BCUT2D eigenvalue weighted by atomic mass is 10.1. The summed E-state index contributed by atoms with van der Waals surface area (Å²) in [5, 5.41) is 5.89. The van der Waals surface area contributed by atoms with Gasteiger partial charge in [-0.05, 0) is 49.0 Å². The highest BCUT2D eigenvalue weighted by Crippen LogP contribution is 2.38. The van der Waals surface area contributed by atoms with Crippen molar-refractivity contribution in [2.24, 2.45) is 0 Å². The first kappa shape index (κ1) is 25.5. The van der Waals surface area contributed by atoms with Crippen LogP contribution in [0.2, 0.25) is 5.02 Å². The predicted molar refractivity (Wildman–Crippen MR) is 156 cm³/mol. The number of hydrogen-bond acceptors (Lipinski definition) is 8. The molecule has 1 N–H and O–H groups in total. The Hall–Kier alpha value is -3.79. The van der Waals surface area contributed by atoms with Crippen LogP contribution in [0.5, 0.6) is 5.75 Å². The van der Waals surface area contributed by atoms with E-state index in [1.54, 1.807) is 23.9 Å². The van der Waals surface area contributed by atoms with Crippen molar-refractivity contribution in [2.75, 3.05) is 38.5 Å². The van der Waals surface area contributed by atoms with E-state index in [1.807, 2.05) is 47.4 Å². The monoisotopic (exact) mass is 558 g/mol. The Bertz CT molecular complexity index is 1640. The average Bonchev–Trinajstić information content (AvgIpc) is 3.32. The van der Waals surface area contributed by atoms with Crippen LogP contribution >= 0.6 is 22.9 Å². The van der Waals surface area contributed by atoms with Crippen molar-refractivity contribution >= 4 is 60.7 Å². The maximum atomic E-state index is 12.9. The average molecular weight is 559 g/mol. The molecule has 4 heterocycles. The summed E-state index contributed by atoms with van der Waals surface area (Å²) in [5.41, 5.74) is 2.63. The summed E-state index contributed by atoms with van der Waals surface area (Å²) in [5.74, 6) is 1.46. The number of nitrogens with zero attached hydrogens (tertiary/aromatic N) is 5. The van der Waals surface area contributed by atoms with Crippen molar-refractivity contribution in [3.05, 3.63) is 83.4 Å². The molecule has 0 saturated carbocycles. The van der Waals surface area contributed by atoms with Crippen LogP contribution in [0, 0.1) is 0 Å². The number of carbonyl (C=O) groups excluding carboxylic acids is 1. The number of hydrogen-bond donors (Lipinski definition) is 1. The molecule has 0 atom stereocenters. The first-order valence-electron chi connectivity index (χ1n) is 12.8. The van der Waals surface area contributed by atoms with Gasteiger partial charge in [0, 0.05) is 48.1 Å². The molecular weight excluding hydrogens is 532 g/mol. The zero-order valence-corrected chi connectivity index (χ0v) is 23.0. The molecule has 1 amide bonds. The van der Waals surface area contributed by atoms with Gasteiger partial charge < -0.3 is 19.9 Å². The number of anilines is 2. The van der Waals surface area contributed by atoms with Gasteiger partial charge in [-0.2, -0.15) is 0 Å². The molecule has 8 nitrogen and oxygen atoms in total. The largest absolute Gasteiger partial charge is 0.486 e. The number of thiophene rings is 1. The molecule has 0 spiro atoms. The molecule has 2 aromatic carbocycles. The second-order valence-electron chi connectivity index (χ2n) is 9.58. The summed E-state index contributed by atoms with van der Waals surface area (Å²) in [6, 6.07) is 17.5. The summed E-state index contributed by atoms with van der Waals surface area (Å²) < 4.78 is 6.93. The number of nitrogens with one attached hydrogen (secondary N) is 1. The van der Waals surface area contributed by atoms with Crippen molar-refractivity contribution in [3.8, 4) is 5.75 Å². The Kier molecular flexibility index (Phi) is 7.28. The summed E-state index contributed by atoms with van der Waals surface area (Å²) >= 11 is 8.13. The molecule has 0 bridgehead atoms. The van der Waals surface area contributed by atoms with Gasteiger partial charge in [-0.1, -0.05) is 29.8 Å². The van der Waals surface area contributed by atoms with E-state index in [0.717, 1.165) is 63.4 Å². The highest BCUT2D eigenvalue weighted by molar-refractivity contribution is 7.25. The van der Waals surface area contributed by atoms with Gasteiger partial charge in [0.1, 0.15) is 29.3 Å². The molecule has 1 aliphatic rings. The van der Waals surface area contributed by atoms with Crippen LogP contribution in [0.25, 0.3) is 20.3 Å². The lowest BCUT2D eigenvalue weighted by molar-refractivity contribution is -0.132. The maximum Gasteiger partial charge on any atom is 0.227 e. The van der Waals surface area contributed by atoms with E-state index in [2.05, 4.69) is 44.3 Å². The number of ether oxygens (including phenoxy) is 1. The van der Waals surface area contributed by atoms with Crippen molar-refractivity contribution in [1.29, 1.82) is 0 Å². The molecule has 0 unspecified atom stereocenters. The number of halogens is 1. The van der Waals surface area contributed by atoms with Gasteiger partial charge in [0.15, 0.2) is 0 Å². The van der Waals surface area contributed by atoms with Crippen LogP contribution in [0.3, 0.4) is 0 Å². The van der Waals surface area contributed by atoms with Gasteiger partial charge in [0.2, 0.25) is 5.91 Å². The van der Waals surface area contributed by atoms with E-state index in [9.17, 15) is 4.79 Å². The van der Waals surface area contributed by atoms with Gasteiger partial charge in [-0.15, -0.1) is 11.3 Å². The summed E-state index contributed by atoms with van der Waals surface area (Å²) in [6.45, 7) is 3.74. The van der Waals surface area contributed by atoms with E-state index >= 15 is 0 Å². The summed E-state index contributed by atoms with van der Waals surface area (Å²) in [6.07, 6.45) is 3.70. The number of pyridine rings is 1. The Morgan fingerprint density at radius 2 is 1.92 bits per heavy atom. The first-order chi connectivity index (χ1) is 19.0. The van der Waals surface area contributed by atoms with Crippen LogP contribution in [-0.4, -0.2) is 63.9 Å². The Balaban J connectivity index is 1.20. The fourth-order valence-corrected chi connectivity index (χ4v) is 6.01. The van der Waals surface area contributed by atoms with Crippen molar-refractivity contribution in [1.82, 2.24) is 24.8 Å². The molecule has 39 heavy (non-hydrogen) atoms. The zero-order chi connectivity index (χ0) is 26.8. The van der Waals surface area contributed by atoms with Gasteiger partial charge in [0.05, 0.1) is 22.5 Å².